The molecule has 0 spiro atoms. The molecule has 0 bridgehead atoms. The van der Waals surface area contributed by atoms with Crippen LogP contribution in [0.1, 0.15) is 19.8 Å². The maximum Gasteiger partial charge on any atom is 0.324 e. The summed E-state index contributed by atoms with van der Waals surface area (Å²) in [4.78, 5) is 15.9. The van der Waals surface area contributed by atoms with E-state index in [1.807, 2.05) is 7.05 Å². The van der Waals surface area contributed by atoms with Gasteiger partial charge in [-0.3, -0.25) is 4.79 Å². The zero-order chi connectivity index (χ0) is 12.8. The number of rotatable bonds is 5. The molecule has 2 atom stereocenters. The molecule has 5 nitrogen and oxygen atoms in total. The van der Waals surface area contributed by atoms with Gasteiger partial charge in [0.15, 0.2) is 0 Å². The van der Waals surface area contributed by atoms with Crippen molar-refractivity contribution in [2.24, 2.45) is 5.73 Å². The number of esters is 1. The standard InChI is InChI=1S/C12H25N3O2/c1-4-17-12(16)11(13)9-15(3)10-6-5-7-14(2)8-10/h10-11H,4-9,13H2,1-3H3. The number of carbonyl (C=O) groups is 1. The molecule has 1 rings (SSSR count). The molecule has 0 aromatic heterocycles. The summed E-state index contributed by atoms with van der Waals surface area (Å²) < 4.78 is 4.91. The van der Waals surface area contributed by atoms with Crippen molar-refractivity contribution in [2.45, 2.75) is 31.8 Å². The molecular formula is C12H25N3O2. The minimum Gasteiger partial charge on any atom is -0.465 e. The molecule has 100 valence electrons. The van der Waals surface area contributed by atoms with Gasteiger partial charge >= 0.3 is 5.97 Å². The number of likely N-dealkylation sites (N-methyl/N-ethyl adjacent to an activating group) is 2. The van der Waals surface area contributed by atoms with Gasteiger partial charge in [0.05, 0.1) is 6.61 Å². The van der Waals surface area contributed by atoms with Gasteiger partial charge in [0.25, 0.3) is 0 Å². The number of piperidine rings is 1. The predicted molar refractivity (Wildman–Crippen MR) is 67.8 cm³/mol. The summed E-state index contributed by atoms with van der Waals surface area (Å²) in [5, 5.41) is 0. The van der Waals surface area contributed by atoms with Crippen molar-refractivity contribution in [1.29, 1.82) is 0 Å². The molecule has 2 N–H and O–H groups in total. The normalized spacial score (nSPS) is 23.7. The van der Waals surface area contributed by atoms with Crippen molar-refractivity contribution < 1.29 is 9.53 Å². The van der Waals surface area contributed by atoms with E-state index >= 15 is 0 Å². The smallest absolute Gasteiger partial charge is 0.324 e. The minimum absolute atomic E-state index is 0.302. The second-order valence-corrected chi connectivity index (χ2v) is 4.86. The number of nitrogens with zero attached hydrogens (tertiary/aromatic N) is 2. The van der Waals surface area contributed by atoms with Crippen molar-refractivity contribution in [2.75, 3.05) is 40.3 Å². The van der Waals surface area contributed by atoms with E-state index in [1.165, 1.54) is 12.8 Å². The lowest BCUT2D eigenvalue weighted by Gasteiger charge is -2.36. The van der Waals surface area contributed by atoms with Crippen LogP contribution in [-0.4, -0.2) is 68.2 Å². The molecule has 1 saturated heterocycles. The molecule has 1 aliphatic rings. The summed E-state index contributed by atoms with van der Waals surface area (Å²) in [5.41, 5.74) is 5.82. The third-order valence-electron chi connectivity index (χ3n) is 3.30. The number of hydrogen-bond acceptors (Lipinski definition) is 5. The molecule has 0 aromatic rings. The number of ether oxygens (including phenoxy) is 1. The fourth-order valence-corrected chi connectivity index (χ4v) is 2.28. The van der Waals surface area contributed by atoms with Crippen LogP contribution >= 0.6 is 0 Å². The second-order valence-electron chi connectivity index (χ2n) is 4.86. The highest BCUT2D eigenvalue weighted by Gasteiger charge is 2.24. The van der Waals surface area contributed by atoms with E-state index in [0.29, 0.717) is 19.2 Å². The lowest BCUT2D eigenvalue weighted by molar-refractivity contribution is -0.145. The van der Waals surface area contributed by atoms with Crippen molar-refractivity contribution >= 4 is 5.97 Å². The Morgan fingerprint density at radius 2 is 2.35 bits per heavy atom. The summed E-state index contributed by atoms with van der Waals surface area (Å²) in [5.74, 6) is -0.302. The van der Waals surface area contributed by atoms with E-state index in [0.717, 1.165) is 13.1 Å². The Hall–Kier alpha value is -0.650. The molecular weight excluding hydrogens is 218 g/mol. The number of hydrogen-bond donors (Lipinski definition) is 1. The van der Waals surface area contributed by atoms with Gasteiger partial charge in [-0.1, -0.05) is 0 Å². The lowest BCUT2D eigenvalue weighted by atomic mass is 10.0. The van der Waals surface area contributed by atoms with Crippen molar-refractivity contribution in [1.82, 2.24) is 9.80 Å². The van der Waals surface area contributed by atoms with Gasteiger partial charge in [0.2, 0.25) is 0 Å². The fourth-order valence-electron chi connectivity index (χ4n) is 2.28. The maximum absolute atomic E-state index is 11.4. The molecule has 1 fully saturated rings. The molecule has 0 aliphatic carbocycles. The van der Waals surface area contributed by atoms with E-state index in [4.69, 9.17) is 10.5 Å². The van der Waals surface area contributed by atoms with E-state index in [-0.39, 0.29) is 5.97 Å². The third-order valence-corrected chi connectivity index (χ3v) is 3.30. The Bertz CT molecular complexity index is 248. The molecule has 0 saturated carbocycles. The highest BCUT2D eigenvalue weighted by Crippen LogP contribution is 2.13. The van der Waals surface area contributed by atoms with Crippen molar-refractivity contribution in [3.63, 3.8) is 0 Å². The largest absolute Gasteiger partial charge is 0.465 e. The summed E-state index contributed by atoms with van der Waals surface area (Å²) >= 11 is 0. The van der Waals surface area contributed by atoms with Crippen LogP contribution in [0.5, 0.6) is 0 Å². The quantitative estimate of drug-likeness (QED) is 0.684. The first-order valence-electron chi connectivity index (χ1n) is 6.35. The van der Waals surface area contributed by atoms with Crippen LogP contribution in [0.15, 0.2) is 0 Å². The van der Waals surface area contributed by atoms with E-state index < -0.39 is 6.04 Å². The second kappa shape index (κ2) is 6.93. The molecule has 0 aromatic carbocycles. The molecule has 2 unspecified atom stereocenters. The first-order valence-corrected chi connectivity index (χ1v) is 6.35. The lowest BCUT2D eigenvalue weighted by Crippen LogP contribution is -2.50. The summed E-state index contributed by atoms with van der Waals surface area (Å²) in [6.45, 7) is 4.96. The zero-order valence-corrected chi connectivity index (χ0v) is 11.2. The molecule has 0 radical (unpaired) electrons. The maximum atomic E-state index is 11.4. The SMILES string of the molecule is CCOC(=O)C(N)CN(C)C1CCCN(C)C1. The van der Waals surface area contributed by atoms with Crippen LogP contribution in [0.3, 0.4) is 0 Å². The molecule has 5 heteroatoms. The zero-order valence-electron chi connectivity index (χ0n) is 11.2. The van der Waals surface area contributed by atoms with Gasteiger partial charge in [0.1, 0.15) is 6.04 Å². The molecule has 17 heavy (non-hydrogen) atoms. The monoisotopic (exact) mass is 243 g/mol. The topological polar surface area (TPSA) is 58.8 Å². The minimum atomic E-state index is -0.535. The highest BCUT2D eigenvalue weighted by molar-refractivity contribution is 5.75. The average molecular weight is 243 g/mol. The van der Waals surface area contributed by atoms with Crippen LogP contribution < -0.4 is 5.73 Å². The molecule has 1 heterocycles. The van der Waals surface area contributed by atoms with Gasteiger partial charge in [0, 0.05) is 19.1 Å². The Morgan fingerprint density at radius 1 is 1.65 bits per heavy atom. The van der Waals surface area contributed by atoms with Crippen molar-refractivity contribution in [3.8, 4) is 0 Å². The molecule has 0 amide bonds. The van der Waals surface area contributed by atoms with Crippen LogP contribution in [-0.2, 0) is 9.53 Å². The number of likely N-dealkylation sites (tertiary alicyclic amines) is 1. The fraction of sp³-hybridized carbons (Fsp3) is 0.917. The Balaban J connectivity index is 2.36. The van der Waals surface area contributed by atoms with Crippen LogP contribution in [0.4, 0.5) is 0 Å². The number of nitrogens with two attached hydrogens (primary N) is 1. The summed E-state index contributed by atoms with van der Waals surface area (Å²) in [6.07, 6.45) is 2.39. The average Bonchev–Trinajstić information content (AvgIpc) is 2.29. The van der Waals surface area contributed by atoms with Crippen molar-refractivity contribution in [3.05, 3.63) is 0 Å². The van der Waals surface area contributed by atoms with Gasteiger partial charge in [-0.25, -0.2) is 0 Å². The summed E-state index contributed by atoms with van der Waals surface area (Å²) in [7, 11) is 4.16. The van der Waals surface area contributed by atoms with Gasteiger partial charge in [-0.2, -0.15) is 0 Å². The summed E-state index contributed by atoms with van der Waals surface area (Å²) in [6, 6.07) is -0.0404. The van der Waals surface area contributed by atoms with E-state index in [1.54, 1.807) is 6.92 Å². The highest BCUT2D eigenvalue weighted by atomic mass is 16.5. The van der Waals surface area contributed by atoms with Crippen LogP contribution in [0, 0.1) is 0 Å². The molecule has 1 aliphatic heterocycles. The Labute approximate surface area is 104 Å². The van der Waals surface area contributed by atoms with Gasteiger partial charge < -0.3 is 20.3 Å². The first kappa shape index (κ1) is 14.4. The Morgan fingerprint density at radius 3 is 2.94 bits per heavy atom. The van der Waals surface area contributed by atoms with Crippen LogP contribution in [0.25, 0.3) is 0 Å². The number of carbonyl (C=O) groups excluding carboxylic acids is 1. The van der Waals surface area contributed by atoms with E-state index in [2.05, 4.69) is 16.8 Å². The van der Waals surface area contributed by atoms with Crippen LogP contribution in [0.2, 0.25) is 0 Å². The Kier molecular flexibility index (Phi) is 5.88. The predicted octanol–water partition coefficient (Wildman–Crippen LogP) is -0.0972. The van der Waals surface area contributed by atoms with E-state index in [9.17, 15) is 4.79 Å². The van der Waals surface area contributed by atoms with Gasteiger partial charge in [-0.05, 0) is 40.4 Å². The third kappa shape index (κ3) is 4.61. The first-order chi connectivity index (χ1) is 8.04. The van der Waals surface area contributed by atoms with Gasteiger partial charge in [-0.15, -0.1) is 0 Å².